The zero-order chi connectivity index (χ0) is 32.7. The molecule has 0 amide bonds. The van der Waals surface area contributed by atoms with Gasteiger partial charge in [0.2, 0.25) is 0 Å². The van der Waals surface area contributed by atoms with Gasteiger partial charge in [-0.15, -0.1) is 11.8 Å². The Hall–Kier alpha value is -2.88. The van der Waals surface area contributed by atoms with E-state index in [4.69, 9.17) is 26.8 Å². The van der Waals surface area contributed by atoms with Crippen molar-refractivity contribution in [3.63, 3.8) is 0 Å². The normalized spacial score (nSPS) is 22.9. The molecule has 2 saturated heterocycles. The minimum atomic E-state index is -4.79. The number of ether oxygens (including phenoxy) is 2. The smallest absolute Gasteiger partial charge is 0.416 e. The number of nitrogen functional groups attached to an aromatic ring is 1. The molecule has 3 unspecified atom stereocenters. The number of methoxy groups -OCH3 is 1. The fraction of sp³-hybridized carbons (Fsp3) is 0.567. The van der Waals surface area contributed by atoms with E-state index < -0.39 is 35.4 Å². The Morgan fingerprint density at radius 2 is 1.96 bits per heavy atom. The highest BCUT2D eigenvalue weighted by Gasteiger charge is 2.40. The van der Waals surface area contributed by atoms with E-state index in [1.807, 2.05) is 15.8 Å². The summed E-state index contributed by atoms with van der Waals surface area (Å²) >= 11 is 8.04. The lowest BCUT2D eigenvalue weighted by Gasteiger charge is -2.31. The molecular formula is C30H35ClF5N7O2S. The summed E-state index contributed by atoms with van der Waals surface area (Å²) < 4.78 is 81.7. The fourth-order valence-electron chi connectivity index (χ4n) is 6.74. The number of anilines is 2. The monoisotopic (exact) mass is 687 g/mol. The number of thioether (sulfide) groups is 1. The fourth-order valence-corrected chi connectivity index (χ4v) is 7.64. The summed E-state index contributed by atoms with van der Waals surface area (Å²) in [5.74, 6) is -0.620. The average molecular weight is 688 g/mol. The number of halogens is 6. The molecule has 2 N–H and O–H groups in total. The molecule has 3 atom stereocenters. The van der Waals surface area contributed by atoms with E-state index in [2.05, 4.69) is 20.0 Å². The second-order valence-electron chi connectivity index (χ2n) is 11.8. The molecule has 250 valence electrons. The molecule has 46 heavy (non-hydrogen) atoms. The van der Waals surface area contributed by atoms with Crippen molar-refractivity contribution in [1.82, 2.24) is 24.6 Å². The molecular weight excluding hydrogens is 653 g/mol. The number of hydrogen-bond donors (Lipinski definition) is 1. The zero-order valence-corrected chi connectivity index (χ0v) is 27.0. The van der Waals surface area contributed by atoms with E-state index >= 15 is 0 Å². The molecule has 0 bridgehead atoms. The van der Waals surface area contributed by atoms with Gasteiger partial charge in [-0.3, -0.25) is 9.58 Å². The van der Waals surface area contributed by atoms with Crippen LogP contribution in [0.4, 0.5) is 33.5 Å². The second kappa shape index (κ2) is 13.3. The Balaban J connectivity index is 0.000000352. The van der Waals surface area contributed by atoms with Crippen LogP contribution in [-0.2, 0) is 37.0 Å². The van der Waals surface area contributed by atoms with E-state index in [0.29, 0.717) is 54.3 Å². The third-order valence-corrected chi connectivity index (χ3v) is 10.1. The first-order valence-corrected chi connectivity index (χ1v) is 16.7. The van der Waals surface area contributed by atoms with Gasteiger partial charge in [-0.1, -0.05) is 11.6 Å². The van der Waals surface area contributed by atoms with E-state index in [-0.39, 0.29) is 24.7 Å². The summed E-state index contributed by atoms with van der Waals surface area (Å²) in [5.41, 5.74) is 5.31. The first-order valence-electron chi connectivity index (χ1n) is 15.1. The van der Waals surface area contributed by atoms with Crippen molar-refractivity contribution in [3.8, 4) is 6.01 Å². The van der Waals surface area contributed by atoms with Crippen LogP contribution in [0.2, 0.25) is 5.02 Å². The van der Waals surface area contributed by atoms with Gasteiger partial charge < -0.3 is 20.1 Å². The molecule has 0 aliphatic carbocycles. The standard InChI is InChI=1S/C23H23ClF4N6O2S.C7H12FN/c1-35-22-30-14-8-16(17-12(23(26,27)28)4-5-13(29)19(17)25)36-10-11(14)20(31-22)33-6-3-7-34-15(9-33)18(24)21(32-34)37-2;8-6-4-7-2-1-3-9(7)5-6/h4-5,16H,3,6-10,29H2,1-2H3;6-7H,1-5H2. The first-order chi connectivity index (χ1) is 22.0. The Kier molecular flexibility index (Phi) is 9.57. The minimum Gasteiger partial charge on any atom is -0.467 e. The maximum atomic E-state index is 14.9. The maximum absolute atomic E-state index is 14.9. The SMILES string of the molecule is COc1nc2c(c(N3CCCn4nc(SC)c(Cl)c4C3)n1)COC(c1c(C(F)(F)F)ccc(N)c1F)C2.FC1CC2CCCN2C1. The lowest BCUT2D eigenvalue weighted by Crippen LogP contribution is -2.29. The molecule has 4 aliphatic rings. The van der Waals surface area contributed by atoms with Crippen LogP contribution in [0, 0.1) is 5.82 Å². The second-order valence-corrected chi connectivity index (χ2v) is 13.0. The van der Waals surface area contributed by atoms with E-state index in [9.17, 15) is 22.0 Å². The van der Waals surface area contributed by atoms with Crippen molar-refractivity contribution < 1.29 is 31.4 Å². The van der Waals surface area contributed by atoms with Crippen LogP contribution in [0.3, 0.4) is 0 Å². The van der Waals surface area contributed by atoms with Crippen molar-refractivity contribution in [2.45, 2.75) is 81.3 Å². The summed E-state index contributed by atoms with van der Waals surface area (Å²) in [6, 6.07) is 2.33. The Labute approximate surface area is 272 Å². The molecule has 2 fully saturated rings. The number of nitrogens with two attached hydrogens (primary N) is 1. The van der Waals surface area contributed by atoms with Gasteiger partial charge in [-0.25, -0.2) is 8.78 Å². The highest BCUT2D eigenvalue weighted by Crippen LogP contribution is 2.43. The van der Waals surface area contributed by atoms with Gasteiger partial charge in [0, 0.05) is 43.2 Å². The molecule has 9 nitrogen and oxygen atoms in total. The molecule has 2 aromatic heterocycles. The van der Waals surface area contributed by atoms with Gasteiger partial charge >= 0.3 is 12.2 Å². The van der Waals surface area contributed by atoms with Crippen LogP contribution >= 0.6 is 23.4 Å². The van der Waals surface area contributed by atoms with Crippen molar-refractivity contribution in [2.75, 3.05) is 43.6 Å². The number of aryl methyl sites for hydroxylation is 1. The Morgan fingerprint density at radius 1 is 1.15 bits per heavy atom. The molecule has 0 radical (unpaired) electrons. The van der Waals surface area contributed by atoms with Gasteiger partial charge in [-0.05, 0) is 50.6 Å². The number of hydrogen-bond acceptors (Lipinski definition) is 9. The lowest BCUT2D eigenvalue weighted by atomic mass is 9.94. The van der Waals surface area contributed by atoms with E-state index in [1.165, 1.54) is 31.7 Å². The summed E-state index contributed by atoms with van der Waals surface area (Å²) in [5, 5.41) is 5.87. The van der Waals surface area contributed by atoms with Crippen molar-refractivity contribution in [1.29, 1.82) is 0 Å². The van der Waals surface area contributed by atoms with Crippen LogP contribution in [0.1, 0.15) is 59.9 Å². The third kappa shape index (κ3) is 6.47. The quantitative estimate of drug-likeness (QED) is 0.195. The molecule has 16 heteroatoms. The predicted octanol–water partition coefficient (Wildman–Crippen LogP) is 6.21. The summed E-state index contributed by atoms with van der Waals surface area (Å²) in [7, 11) is 1.40. The van der Waals surface area contributed by atoms with Crippen LogP contribution in [0.25, 0.3) is 0 Å². The molecule has 1 aromatic carbocycles. The third-order valence-electron chi connectivity index (χ3n) is 8.93. The van der Waals surface area contributed by atoms with Crippen molar-refractivity contribution >= 4 is 34.9 Å². The zero-order valence-electron chi connectivity index (χ0n) is 25.4. The largest absolute Gasteiger partial charge is 0.467 e. The van der Waals surface area contributed by atoms with Gasteiger partial charge in [-0.2, -0.15) is 28.2 Å². The summed E-state index contributed by atoms with van der Waals surface area (Å²) in [4.78, 5) is 13.2. The highest BCUT2D eigenvalue weighted by molar-refractivity contribution is 7.98. The summed E-state index contributed by atoms with van der Waals surface area (Å²) in [6.45, 7) is 3.43. The van der Waals surface area contributed by atoms with Gasteiger partial charge in [0.25, 0.3) is 0 Å². The van der Waals surface area contributed by atoms with Gasteiger partial charge in [0.15, 0.2) is 5.82 Å². The molecule has 0 saturated carbocycles. The molecule has 0 spiro atoms. The number of benzene rings is 1. The maximum Gasteiger partial charge on any atom is 0.416 e. The number of fused-ring (bicyclic) bond motifs is 3. The van der Waals surface area contributed by atoms with Crippen molar-refractivity contribution in [2.24, 2.45) is 0 Å². The molecule has 7 rings (SSSR count). The summed E-state index contributed by atoms with van der Waals surface area (Å²) in [6.07, 6.45) is -0.678. The number of nitrogens with zero attached hydrogens (tertiary/aromatic N) is 6. The van der Waals surface area contributed by atoms with Crippen LogP contribution in [-0.4, -0.2) is 69.9 Å². The number of aromatic nitrogens is 4. The first kappa shape index (κ1) is 33.0. The lowest BCUT2D eigenvalue weighted by molar-refractivity contribution is -0.140. The molecule has 6 heterocycles. The van der Waals surface area contributed by atoms with E-state index in [0.717, 1.165) is 42.2 Å². The highest BCUT2D eigenvalue weighted by atomic mass is 35.5. The number of alkyl halides is 4. The van der Waals surface area contributed by atoms with Crippen molar-refractivity contribution in [3.05, 3.63) is 51.1 Å². The van der Waals surface area contributed by atoms with Crippen LogP contribution in [0.15, 0.2) is 17.2 Å². The average Bonchev–Trinajstić information content (AvgIpc) is 3.64. The number of rotatable bonds is 4. The van der Waals surface area contributed by atoms with Gasteiger partial charge in [0.05, 0.1) is 54.0 Å². The Bertz CT molecular complexity index is 1580. The minimum absolute atomic E-state index is 0.0483. The molecule has 3 aromatic rings. The van der Waals surface area contributed by atoms with E-state index in [1.54, 1.807) is 0 Å². The predicted molar refractivity (Wildman–Crippen MR) is 164 cm³/mol. The van der Waals surface area contributed by atoms with Crippen LogP contribution in [0.5, 0.6) is 6.01 Å². The Morgan fingerprint density at radius 3 is 2.67 bits per heavy atom. The van der Waals surface area contributed by atoms with Crippen LogP contribution < -0.4 is 15.4 Å². The topological polar surface area (TPSA) is 94.6 Å². The van der Waals surface area contributed by atoms with Gasteiger partial charge in [0.1, 0.15) is 17.0 Å². The molecule has 4 aliphatic heterocycles.